The second-order valence-electron chi connectivity index (χ2n) is 5.51. The van der Waals surface area contributed by atoms with Gasteiger partial charge in [0.25, 0.3) is 5.56 Å². The first-order valence-corrected chi connectivity index (χ1v) is 6.57. The van der Waals surface area contributed by atoms with E-state index >= 15 is 0 Å². The minimum atomic E-state index is -1.44. The van der Waals surface area contributed by atoms with Crippen molar-refractivity contribution < 1.29 is 19.5 Å². The summed E-state index contributed by atoms with van der Waals surface area (Å²) in [5.41, 5.74) is 3.99. The molecule has 0 saturated heterocycles. The van der Waals surface area contributed by atoms with E-state index in [1.807, 2.05) is 0 Å². The predicted octanol–water partition coefficient (Wildman–Crippen LogP) is -0.663. The highest BCUT2D eigenvalue weighted by Crippen LogP contribution is 2.14. The van der Waals surface area contributed by atoms with Crippen LogP contribution in [-0.4, -0.2) is 33.5 Å². The van der Waals surface area contributed by atoms with Gasteiger partial charge in [-0.2, -0.15) is 0 Å². The summed E-state index contributed by atoms with van der Waals surface area (Å²) in [5.74, 6) is -2.93. The van der Waals surface area contributed by atoms with Crippen LogP contribution in [0.25, 0.3) is 0 Å². The fourth-order valence-electron chi connectivity index (χ4n) is 1.89. The highest BCUT2D eigenvalue weighted by Gasteiger charge is 2.34. The van der Waals surface area contributed by atoms with Crippen molar-refractivity contribution in [1.82, 2.24) is 9.88 Å². The minimum absolute atomic E-state index is 0.387. The fourth-order valence-corrected chi connectivity index (χ4v) is 1.89. The topological polar surface area (TPSA) is 131 Å². The number of rotatable bonds is 6. The standard InChI is InChI=1S/C14H19N3O5/c1-8-4-5-17(11(19)6-8)14(2,3)13(22)16-9(12(20)21)7-10(15)18/h4-6,9H,7H2,1-3H3,(H2,15,18)(H,16,22)(H,20,21). The Morgan fingerprint density at radius 2 is 2.00 bits per heavy atom. The lowest BCUT2D eigenvalue weighted by Crippen LogP contribution is -2.53. The summed E-state index contributed by atoms with van der Waals surface area (Å²) in [6, 6.07) is 1.59. The molecule has 4 N–H and O–H groups in total. The minimum Gasteiger partial charge on any atom is -0.480 e. The number of aromatic nitrogens is 1. The van der Waals surface area contributed by atoms with E-state index in [1.54, 1.807) is 13.0 Å². The zero-order valence-electron chi connectivity index (χ0n) is 12.6. The molecule has 22 heavy (non-hydrogen) atoms. The molecule has 2 amide bonds. The van der Waals surface area contributed by atoms with Crippen LogP contribution < -0.4 is 16.6 Å². The van der Waals surface area contributed by atoms with Gasteiger partial charge in [-0.15, -0.1) is 0 Å². The van der Waals surface area contributed by atoms with Crippen LogP contribution in [0.3, 0.4) is 0 Å². The number of pyridine rings is 1. The van der Waals surface area contributed by atoms with E-state index in [2.05, 4.69) is 5.32 Å². The van der Waals surface area contributed by atoms with Crippen LogP contribution in [0.2, 0.25) is 0 Å². The number of carbonyl (C=O) groups excluding carboxylic acids is 2. The van der Waals surface area contributed by atoms with Gasteiger partial charge in [0.1, 0.15) is 11.6 Å². The van der Waals surface area contributed by atoms with Gasteiger partial charge in [-0.1, -0.05) is 0 Å². The molecule has 1 heterocycles. The normalized spacial score (nSPS) is 12.5. The molecule has 0 spiro atoms. The van der Waals surface area contributed by atoms with E-state index in [0.717, 1.165) is 5.56 Å². The monoisotopic (exact) mass is 309 g/mol. The first kappa shape index (κ1) is 17.4. The van der Waals surface area contributed by atoms with E-state index in [9.17, 15) is 19.2 Å². The lowest BCUT2D eigenvalue weighted by Gasteiger charge is -2.28. The van der Waals surface area contributed by atoms with E-state index in [0.29, 0.717) is 0 Å². The Morgan fingerprint density at radius 1 is 1.41 bits per heavy atom. The third-order valence-electron chi connectivity index (χ3n) is 3.24. The third kappa shape index (κ3) is 3.94. The van der Waals surface area contributed by atoms with Crippen LogP contribution in [0.15, 0.2) is 23.1 Å². The van der Waals surface area contributed by atoms with Crippen molar-refractivity contribution >= 4 is 17.8 Å². The van der Waals surface area contributed by atoms with Crippen LogP contribution in [0, 0.1) is 6.92 Å². The number of carboxylic acid groups (broad SMARTS) is 1. The molecule has 120 valence electrons. The van der Waals surface area contributed by atoms with Crippen LogP contribution in [0.5, 0.6) is 0 Å². The van der Waals surface area contributed by atoms with E-state index in [-0.39, 0.29) is 5.56 Å². The molecule has 0 fully saturated rings. The summed E-state index contributed by atoms with van der Waals surface area (Å²) in [6.07, 6.45) is 0.932. The molecule has 0 bridgehead atoms. The van der Waals surface area contributed by atoms with Crippen molar-refractivity contribution in [1.29, 1.82) is 0 Å². The number of aryl methyl sites for hydroxylation is 1. The van der Waals surface area contributed by atoms with Gasteiger partial charge in [0.2, 0.25) is 11.8 Å². The highest BCUT2D eigenvalue weighted by molar-refractivity contribution is 5.90. The maximum absolute atomic E-state index is 12.3. The molecule has 0 aliphatic heterocycles. The maximum Gasteiger partial charge on any atom is 0.326 e. The number of nitrogens with one attached hydrogen (secondary N) is 1. The summed E-state index contributed by atoms with van der Waals surface area (Å²) in [7, 11) is 0. The lowest BCUT2D eigenvalue weighted by molar-refractivity contribution is -0.144. The Kier molecular flexibility index (Phi) is 5.08. The number of hydrogen-bond donors (Lipinski definition) is 3. The molecule has 0 aliphatic rings. The molecular weight excluding hydrogens is 290 g/mol. The highest BCUT2D eigenvalue weighted by atomic mass is 16.4. The zero-order valence-corrected chi connectivity index (χ0v) is 12.6. The van der Waals surface area contributed by atoms with Crippen molar-refractivity contribution in [2.75, 3.05) is 0 Å². The fraction of sp³-hybridized carbons (Fsp3) is 0.429. The first-order valence-electron chi connectivity index (χ1n) is 6.57. The number of carboxylic acids is 1. The quantitative estimate of drug-likeness (QED) is 0.641. The summed E-state index contributed by atoms with van der Waals surface area (Å²) in [6.45, 7) is 4.69. The van der Waals surface area contributed by atoms with Crippen LogP contribution >= 0.6 is 0 Å². The predicted molar refractivity (Wildman–Crippen MR) is 78.1 cm³/mol. The molecule has 0 radical (unpaired) electrons. The lowest BCUT2D eigenvalue weighted by atomic mass is 10.0. The van der Waals surface area contributed by atoms with Crippen LogP contribution in [0.4, 0.5) is 0 Å². The van der Waals surface area contributed by atoms with Crippen molar-refractivity contribution in [3.8, 4) is 0 Å². The summed E-state index contributed by atoms with van der Waals surface area (Å²) < 4.78 is 1.19. The Bertz CT molecular complexity index is 663. The number of aliphatic carboxylic acids is 1. The van der Waals surface area contributed by atoms with Crippen molar-refractivity contribution in [2.45, 2.75) is 38.8 Å². The van der Waals surface area contributed by atoms with Crippen molar-refractivity contribution in [2.24, 2.45) is 5.73 Å². The second kappa shape index (κ2) is 6.42. The Morgan fingerprint density at radius 3 is 2.45 bits per heavy atom. The zero-order chi connectivity index (χ0) is 17.1. The molecule has 8 nitrogen and oxygen atoms in total. The number of primary amides is 1. The molecule has 8 heteroatoms. The maximum atomic E-state index is 12.3. The number of nitrogens with two attached hydrogens (primary N) is 1. The number of nitrogens with zero attached hydrogens (tertiary/aromatic N) is 1. The van der Waals surface area contributed by atoms with Crippen molar-refractivity contribution in [3.05, 3.63) is 34.2 Å². The van der Waals surface area contributed by atoms with E-state index < -0.39 is 35.8 Å². The van der Waals surface area contributed by atoms with Gasteiger partial charge in [-0.25, -0.2) is 4.79 Å². The molecule has 1 rings (SSSR count). The molecule has 0 aromatic carbocycles. The largest absolute Gasteiger partial charge is 0.480 e. The summed E-state index contributed by atoms with van der Waals surface area (Å²) >= 11 is 0. The van der Waals surface area contributed by atoms with Gasteiger partial charge in [-0.3, -0.25) is 14.4 Å². The molecular formula is C14H19N3O5. The smallest absolute Gasteiger partial charge is 0.326 e. The second-order valence-corrected chi connectivity index (χ2v) is 5.51. The van der Waals surface area contributed by atoms with Gasteiger partial charge in [0.15, 0.2) is 0 Å². The average molecular weight is 309 g/mol. The average Bonchev–Trinajstić information content (AvgIpc) is 2.36. The summed E-state index contributed by atoms with van der Waals surface area (Å²) in [4.78, 5) is 46.2. The van der Waals surface area contributed by atoms with Gasteiger partial charge >= 0.3 is 5.97 Å². The molecule has 0 saturated carbocycles. The van der Waals surface area contributed by atoms with Crippen molar-refractivity contribution in [3.63, 3.8) is 0 Å². The number of amides is 2. The van der Waals surface area contributed by atoms with E-state index in [4.69, 9.17) is 10.8 Å². The Hall–Kier alpha value is -2.64. The Labute approximate surface area is 126 Å². The van der Waals surface area contributed by atoms with Crippen LogP contribution in [0.1, 0.15) is 25.8 Å². The third-order valence-corrected chi connectivity index (χ3v) is 3.24. The van der Waals surface area contributed by atoms with E-state index in [1.165, 1.54) is 30.7 Å². The molecule has 1 atom stereocenters. The number of hydrogen-bond acceptors (Lipinski definition) is 4. The van der Waals surface area contributed by atoms with Gasteiger partial charge in [-0.05, 0) is 32.4 Å². The summed E-state index contributed by atoms with van der Waals surface area (Å²) in [5, 5.41) is 11.2. The van der Waals surface area contributed by atoms with Gasteiger partial charge < -0.3 is 20.7 Å². The first-order chi connectivity index (χ1) is 10.1. The Balaban J connectivity index is 3.05. The molecule has 1 aromatic rings. The van der Waals surface area contributed by atoms with Crippen LogP contribution in [-0.2, 0) is 19.9 Å². The van der Waals surface area contributed by atoms with Gasteiger partial charge in [0.05, 0.1) is 6.42 Å². The molecule has 1 unspecified atom stereocenters. The SMILES string of the molecule is Cc1ccn(C(C)(C)C(=O)NC(CC(N)=O)C(=O)O)c(=O)c1. The number of carbonyl (C=O) groups is 3. The van der Waals surface area contributed by atoms with Gasteiger partial charge in [0, 0.05) is 12.3 Å². The molecule has 1 aromatic heterocycles. The molecule has 0 aliphatic carbocycles.